The van der Waals surface area contributed by atoms with Crippen molar-refractivity contribution in [2.24, 2.45) is 11.7 Å². The van der Waals surface area contributed by atoms with Crippen molar-refractivity contribution in [3.05, 3.63) is 24.0 Å². The van der Waals surface area contributed by atoms with Crippen molar-refractivity contribution in [1.82, 2.24) is 4.98 Å². The number of rotatable bonds is 5. The summed E-state index contributed by atoms with van der Waals surface area (Å²) in [7, 11) is 2.13. The summed E-state index contributed by atoms with van der Waals surface area (Å²) in [5, 5.41) is 0. The Kier molecular flexibility index (Phi) is 4.74. The van der Waals surface area contributed by atoms with Gasteiger partial charge in [-0.1, -0.05) is 13.8 Å². The lowest BCUT2D eigenvalue weighted by Crippen LogP contribution is -2.30. The van der Waals surface area contributed by atoms with Crippen LogP contribution in [0.5, 0.6) is 0 Å². The Morgan fingerprint density at radius 3 is 2.62 bits per heavy atom. The minimum Gasteiger partial charge on any atom is -0.372 e. The number of nitrogens with two attached hydrogens (primary N) is 1. The zero-order valence-corrected chi connectivity index (χ0v) is 10.8. The van der Waals surface area contributed by atoms with Gasteiger partial charge < -0.3 is 10.6 Å². The summed E-state index contributed by atoms with van der Waals surface area (Å²) in [6, 6.07) is 4.64. The Labute approximate surface area is 98.7 Å². The van der Waals surface area contributed by atoms with Crippen LogP contribution in [0.3, 0.4) is 0 Å². The van der Waals surface area contributed by atoms with Gasteiger partial charge in [0.15, 0.2) is 0 Å². The van der Waals surface area contributed by atoms with Gasteiger partial charge in [0.1, 0.15) is 0 Å². The lowest BCUT2D eigenvalue weighted by Gasteiger charge is -2.28. The van der Waals surface area contributed by atoms with E-state index in [9.17, 15) is 0 Å². The Bertz CT molecular complexity index is 323. The molecule has 0 saturated heterocycles. The van der Waals surface area contributed by atoms with Crippen molar-refractivity contribution in [2.75, 3.05) is 11.9 Å². The minimum atomic E-state index is 0.500. The molecule has 0 saturated carbocycles. The normalized spacial score (nSPS) is 12.9. The van der Waals surface area contributed by atoms with Gasteiger partial charge in [0.2, 0.25) is 0 Å². The van der Waals surface area contributed by atoms with Crippen molar-refractivity contribution in [1.29, 1.82) is 0 Å². The van der Waals surface area contributed by atoms with Crippen molar-refractivity contribution in [3.8, 4) is 0 Å². The summed E-state index contributed by atoms with van der Waals surface area (Å²) in [4.78, 5) is 6.50. The lowest BCUT2D eigenvalue weighted by molar-refractivity contribution is 0.504. The maximum Gasteiger partial charge on any atom is 0.0560 e. The van der Waals surface area contributed by atoms with Gasteiger partial charge in [0.05, 0.1) is 5.69 Å². The van der Waals surface area contributed by atoms with E-state index in [0.717, 1.165) is 5.69 Å². The molecule has 90 valence electrons. The highest BCUT2D eigenvalue weighted by atomic mass is 15.1. The molecule has 0 fully saturated rings. The monoisotopic (exact) mass is 221 g/mol. The van der Waals surface area contributed by atoms with Crippen LogP contribution in [0.1, 0.15) is 32.9 Å². The third kappa shape index (κ3) is 3.49. The molecule has 0 aliphatic rings. The van der Waals surface area contributed by atoms with E-state index in [4.69, 9.17) is 5.73 Å². The second-order valence-corrected chi connectivity index (χ2v) is 4.80. The number of hydrogen-bond acceptors (Lipinski definition) is 3. The fourth-order valence-electron chi connectivity index (χ4n) is 1.89. The van der Waals surface area contributed by atoms with Gasteiger partial charge in [-0.2, -0.15) is 0 Å². The Hall–Kier alpha value is -1.09. The fourth-order valence-corrected chi connectivity index (χ4v) is 1.89. The smallest absolute Gasteiger partial charge is 0.0560 e. The van der Waals surface area contributed by atoms with Gasteiger partial charge in [0.25, 0.3) is 0 Å². The van der Waals surface area contributed by atoms with Gasteiger partial charge in [-0.25, -0.2) is 0 Å². The molecular weight excluding hydrogens is 198 g/mol. The first-order valence-electron chi connectivity index (χ1n) is 5.92. The highest BCUT2D eigenvalue weighted by Gasteiger charge is 2.11. The molecule has 0 aliphatic heterocycles. The Balaban J connectivity index is 2.74. The van der Waals surface area contributed by atoms with Crippen LogP contribution in [0.15, 0.2) is 18.3 Å². The molecule has 0 aromatic carbocycles. The van der Waals surface area contributed by atoms with Crippen molar-refractivity contribution in [3.63, 3.8) is 0 Å². The zero-order valence-electron chi connectivity index (χ0n) is 10.8. The van der Waals surface area contributed by atoms with E-state index in [1.54, 1.807) is 0 Å². The minimum absolute atomic E-state index is 0.500. The molecule has 1 heterocycles. The van der Waals surface area contributed by atoms with Gasteiger partial charge in [-0.3, -0.25) is 4.98 Å². The van der Waals surface area contributed by atoms with Gasteiger partial charge in [0, 0.05) is 31.5 Å². The molecule has 0 spiro atoms. The topological polar surface area (TPSA) is 42.2 Å². The van der Waals surface area contributed by atoms with Crippen LogP contribution < -0.4 is 10.6 Å². The zero-order chi connectivity index (χ0) is 12.1. The van der Waals surface area contributed by atoms with Crippen molar-refractivity contribution < 1.29 is 0 Å². The predicted octanol–water partition coefficient (Wildman–Crippen LogP) is 2.41. The average Bonchev–Trinajstić information content (AvgIpc) is 2.27. The maximum absolute atomic E-state index is 5.59. The summed E-state index contributed by atoms with van der Waals surface area (Å²) in [6.45, 7) is 7.26. The number of nitrogens with zero attached hydrogens (tertiary/aromatic N) is 2. The van der Waals surface area contributed by atoms with Crippen LogP contribution in [0, 0.1) is 5.92 Å². The molecule has 1 rings (SSSR count). The van der Waals surface area contributed by atoms with Crippen LogP contribution in [0.2, 0.25) is 0 Å². The standard InChI is InChI=1S/C13H23N3/c1-10(2)7-11(3)16(4)13-5-6-15-12(8-13)9-14/h5-6,8,10-11H,7,9,14H2,1-4H3. The van der Waals surface area contributed by atoms with Crippen molar-refractivity contribution >= 4 is 5.69 Å². The second-order valence-electron chi connectivity index (χ2n) is 4.80. The van der Waals surface area contributed by atoms with E-state index in [2.05, 4.69) is 43.8 Å². The molecule has 1 atom stereocenters. The molecule has 3 heteroatoms. The van der Waals surface area contributed by atoms with Crippen LogP contribution in [-0.4, -0.2) is 18.1 Å². The highest BCUT2D eigenvalue weighted by Crippen LogP contribution is 2.19. The van der Waals surface area contributed by atoms with Crippen molar-refractivity contribution in [2.45, 2.75) is 39.8 Å². The molecular formula is C13H23N3. The van der Waals surface area contributed by atoms with E-state index in [1.807, 2.05) is 12.3 Å². The van der Waals surface area contributed by atoms with Gasteiger partial charge in [-0.05, 0) is 31.4 Å². The van der Waals surface area contributed by atoms with E-state index < -0.39 is 0 Å². The molecule has 0 radical (unpaired) electrons. The summed E-state index contributed by atoms with van der Waals surface area (Å²) in [5.41, 5.74) is 7.74. The third-order valence-electron chi connectivity index (χ3n) is 2.89. The molecule has 2 N–H and O–H groups in total. The van der Waals surface area contributed by atoms with Crippen LogP contribution in [-0.2, 0) is 6.54 Å². The van der Waals surface area contributed by atoms with Crippen LogP contribution in [0.4, 0.5) is 5.69 Å². The lowest BCUT2D eigenvalue weighted by atomic mass is 10.0. The highest BCUT2D eigenvalue weighted by molar-refractivity contribution is 5.46. The predicted molar refractivity (Wildman–Crippen MR) is 69.4 cm³/mol. The number of pyridine rings is 1. The Morgan fingerprint density at radius 2 is 2.06 bits per heavy atom. The summed E-state index contributed by atoms with van der Waals surface area (Å²) < 4.78 is 0. The quantitative estimate of drug-likeness (QED) is 0.830. The average molecular weight is 221 g/mol. The van der Waals surface area contributed by atoms with Crippen LogP contribution in [0.25, 0.3) is 0 Å². The summed E-state index contributed by atoms with van der Waals surface area (Å²) >= 11 is 0. The first kappa shape index (κ1) is 13.0. The third-order valence-corrected chi connectivity index (χ3v) is 2.89. The number of aromatic nitrogens is 1. The summed E-state index contributed by atoms with van der Waals surface area (Å²) in [5.74, 6) is 0.716. The number of anilines is 1. The molecule has 0 aliphatic carbocycles. The first-order valence-corrected chi connectivity index (χ1v) is 5.92. The van der Waals surface area contributed by atoms with E-state index in [-0.39, 0.29) is 0 Å². The molecule has 1 unspecified atom stereocenters. The Morgan fingerprint density at radius 1 is 1.38 bits per heavy atom. The van der Waals surface area contributed by atoms with Gasteiger partial charge >= 0.3 is 0 Å². The summed E-state index contributed by atoms with van der Waals surface area (Å²) in [6.07, 6.45) is 3.02. The SMILES string of the molecule is CC(C)CC(C)N(C)c1ccnc(CN)c1. The molecule has 3 nitrogen and oxygen atoms in total. The number of hydrogen-bond donors (Lipinski definition) is 1. The van der Waals surface area contributed by atoms with Crippen LogP contribution >= 0.6 is 0 Å². The fraction of sp³-hybridized carbons (Fsp3) is 0.615. The van der Waals surface area contributed by atoms with E-state index >= 15 is 0 Å². The largest absolute Gasteiger partial charge is 0.372 e. The molecule has 1 aromatic heterocycles. The maximum atomic E-state index is 5.59. The van der Waals surface area contributed by atoms with E-state index in [0.29, 0.717) is 18.5 Å². The molecule has 0 amide bonds. The first-order chi connectivity index (χ1) is 7.54. The molecule has 16 heavy (non-hydrogen) atoms. The molecule has 0 bridgehead atoms. The van der Waals surface area contributed by atoms with Gasteiger partial charge in [-0.15, -0.1) is 0 Å². The van der Waals surface area contributed by atoms with E-state index in [1.165, 1.54) is 12.1 Å². The molecule has 1 aromatic rings. The second kappa shape index (κ2) is 5.85.